The van der Waals surface area contributed by atoms with Crippen molar-refractivity contribution in [1.82, 2.24) is 0 Å². The molecule has 4 saturated carbocycles. The first-order valence-electron chi connectivity index (χ1n) is 38.3. The van der Waals surface area contributed by atoms with Gasteiger partial charge in [-0.3, -0.25) is 19.2 Å². The van der Waals surface area contributed by atoms with Gasteiger partial charge in [0.15, 0.2) is 19.4 Å². The number of rotatable bonds is 19. The number of hydrogen-bond donors (Lipinski definition) is 2. The molecule has 7 aliphatic rings. The first-order valence-corrected chi connectivity index (χ1v) is 38.3. The highest BCUT2D eigenvalue weighted by Gasteiger charge is 2.66. The topological polar surface area (TPSA) is 164 Å². The van der Waals surface area contributed by atoms with Gasteiger partial charge in [-0.05, 0) is 239 Å². The summed E-state index contributed by atoms with van der Waals surface area (Å²) in [6.45, 7) is 15.3. The fourth-order valence-electron chi connectivity index (χ4n) is 20.6. The van der Waals surface area contributed by atoms with Crippen molar-refractivity contribution in [3.8, 4) is 23.0 Å². The highest BCUT2D eigenvalue weighted by Crippen LogP contribution is 2.67. The van der Waals surface area contributed by atoms with Crippen LogP contribution < -0.4 is 9.47 Å². The Morgan fingerprint density at radius 2 is 0.925 bits per heavy atom. The molecule has 4 fully saturated rings. The van der Waals surface area contributed by atoms with Crippen LogP contribution in [0.15, 0.2) is 218 Å². The van der Waals surface area contributed by atoms with Gasteiger partial charge in [-0.1, -0.05) is 191 Å². The molecular weight excluding hydrogens is 1320 g/mol. The number of phenols is 2. The number of aromatic hydroxyl groups is 2. The number of hydrogen-bond acceptors (Lipinski definition) is 12. The van der Waals surface area contributed by atoms with E-state index >= 15 is 0 Å². The Kier molecular flexibility index (Phi) is 20.0. The molecule has 9 aromatic carbocycles. The average Bonchev–Trinajstić information content (AvgIpc) is 0.823. The second-order valence-electron chi connectivity index (χ2n) is 30.9. The summed E-state index contributed by atoms with van der Waals surface area (Å²) in [4.78, 5) is 52.3. The van der Waals surface area contributed by atoms with Crippen molar-refractivity contribution < 1.29 is 57.8 Å². The van der Waals surface area contributed by atoms with Crippen molar-refractivity contribution in [2.45, 2.75) is 149 Å². The quantitative estimate of drug-likeness (QED) is 0.0582. The lowest BCUT2D eigenvalue weighted by Gasteiger charge is -2.58. The van der Waals surface area contributed by atoms with E-state index in [0.717, 1.165) is 122 Å². The molecule has 12 heteroatoms. The minimum absolute atomic E-state index is 0.0237. The van der Waals surface area contributed by atoms with Gasteiger partial charge in [0.25, 0.3) is 0 Å². The predicted octanol–water partition coefficient (Wildman–Crippen LogP) is 18.7. The number of Topliss-reactive ketones (excluding diaryl/α,β-unsaturated/α-hetero) is 3. The number of ether oxygens (including phenoxy) is 6. The van der Waals surface area contributed by atoms with Crippen LogP contribution in [-0.4, -0.2) is 72.2 Å². The summed E-state index contributed by atoms with van der Waals surface area (Å²) in [5.41, 5.74) is 15.8. The number of carbonyl (C=O) groups is 4. The van der Waals surface area contributed by atoms with Crippen LogP contribution in [0.2, 0.25) is 0 Å². The molecule has 544 valence electrons. The molecule has 0 bridgehead atoms. The smallest absolute Gasteiger partial charge is 0.307 e. The zero-order valence-corrected chi connectivity index (χ0v) is 61.9. The molecule has 2 N–H and O–H groups in total. The maximum Gasteiger partial charge on any atom is 0.307 e. The minimum Gasteiger partial charge on any atom is -0.508 e. The molecule has 106 heavy (non-hydrogen) atoms. The Hall–Kier alpha value is -9.72. The van der Waals surface area contributed by atoms with Gasteiger partial charge in [-0.15, -0.1) is 0 Å². The third-order valence-electron chi connectivity index (χ3n) is 25.5. The fraction of sp³-hybridized carbons (Fsp3) is 0.362. The second kappa shape index (κ2) is 29.6. The first-order chi connectivity index (χ1) is 51.4. The van der Waals surface area contributed by atoms with Crippen LogP contribution in [0.3, 0.4) is 0 Å². The van der Waals surface area contributed by atoms with Crippen LogP contribution in [-0.2, 0) is 61.8 Å². The van der Waals surface area contributed by atoms with E-state index in [9.17, 15) is 29.4 Å². The Morgan fingerprint density at radius 3 is 1.37 bits per heavy atom. The molecule has 0 aromatic heterocycles. The molecule has 0 aliphatic heterocycles. The minimum atomic E-state index is -0.790. The lowest BCUT2D eigenvalue weighted by atomic mass is 9.44. The van der Waals surface area contributed by atoms with E-state index in [4.69, 9.17) is 28.4 Å². The number of carbonyl (C=O) groups excluding carboxylic acids is 4. The second-order valence-corrected chi connectivity index (χ2v) is 30.9. The summed E-state index contributed by atoms with van der Waals surface area (Å²) in [5.74, 6) is 2.95. The van der Waals surface area contributed by atoms with Crippen LogP contribution >= 0.6 is 0 Å². The Balaban J connectivity index is 0.000000192. The van der Waals surface area contributed by atoms with E-state index in [1.807, 2.05) is 88.4 Å². The van der Waals surface area contributed by atoms with E-state index in [1.54, 1.807) is 24.3 Å². The molecule has 0 heterocycles. The lowest BCUT2D eigenvalue weighted by molar-refractivity contribution is -0.166. The number of ketones is 3. The fourth-order valence-corrected chi connectivity index (χ4v) is 20.6. The average molecular weight is 1420 g/mol. The number of esters is 1. The van der Waals surface area contributed by atoms with Gasteiger partial charge < -0.3 is 38.6 Å². The van der Waals surface area contributed by atoms with Crippen molar-refractivity contribution in [3.05, 3.63) is 296 Å². The van der Waals surface area contributed by atoms with Crippen LogP contribution in [0, 0.1) is 46.3 Å². The van der Waals surface area contributed by atoms with Crippen molar-refractivity contribution in [3.63, 3.8) is 0 Å². The lowest BCUT2D eigenvalue weighted by Crippen LogP contribution is -2.60. The largest absolute Gasteiger partial charge is 0.508 e. The summed E-state index contributed by atoms with van der Waals surface area (Å²) < 4.78 is 35.1. The van der Waals surface area contributed by atoms with Crippen molar-refractivity contribution in [2.24, 2.45) is 46.3 Å². The summed E-state index contributed by atoms with van der Waals surface area (Å²) in [6, 6.07) is 75.6. The SMILES string of the molecule is CC(CCC(=O)OCOC1Cc2ccccc2C1)C1CCC2C3C(=O)CC4CC(=O)CCC4(C)C3CC(=O)C12C.CCOC(C)Oc1ccc(C2(c3ccc(O)cc3)c3ccccc3C(=C3c4ccccc4C(c4ccc(O)cc4)(c4ccc(OC(C)OCC)cc4)c4ccccc43)c3ccccc32)cc1. The summed E-state index contributed by atoms with van der Waals surface area (Å²) in [5, 5.41) is 21.4. The van der Waals surface area contributed by atoms with Crippen molar-refractivity contribution >= 4 is 34.5 Å². The maximum absolute atomic E-state index is 14.0. The van der Waals surface area contributed by atoms with Crippen LogP contribution in [0.25, 0.3) is 11.1 Å². The van der Waals surface area contributed by atoms with E-state index < -0.39 is 28.8 Å². The van der Waals surface area contributed by atoms with Gasteiger partial charge in [0.2, 0.25) is 0 Å². The van der Waals surface area contributed by atoms with Crippen molar-refractivity contribution in [2.75, 3.05) is 20.0 Å². The molecule has 0 spiro atoms. The summed E-state index contributed by atoms with van der Waals surface area (Å²) >= 11 is 0. The zero-order valence-electron chi connectivity index (χ0n) is 61.9. The van der Waals surface area contributed by atoms with Crippen LogP contribution in [0.1, 0.15) is 184 Å². The normalized spacial score (nSPS) is 25.5. The Bertz CT molecular complexity index is 4450. The van der Waals surface area contributed by atoms with Crippen LogP contribution in [0.5, 0.6) is 23.0 Å². The third kappa shape index (κ3) is 12.6. The van der Waals surface area contributed by atoms with Gasteiger partial charge in [0.05, 0.1) is 16.9 Å². The molecule has 9 aromatic rings. The molecule has 10 atom stereocenters. The van der Waals surface area contributed by atoms with E-state index in [-0.39, 0.29) is 82.9 Å². The molecule has 12 nitrogen and oxygen atoms in total. The first kappa shape index (κ1) is 71.9. The van der Waals surface area contributed by atoms with E-state index in [0.29, 0.717) is 57.5 Å². The van der Waals surface area contributed by atoms with Crippen molar-refractivity contribution in [1.29, 1.82) is 0 Å². The molecular formula is C94H96O12. The summed E-state index contributed by atoms with van der Waals surface area (Å²) in [6.07, 6.45) is 6.58. The molecule has 16 rings (SSSR count). The number of fused-ring (bicyclic) bond motifs is 10. The summed E-state index contributed by atoms with van der Waals surface area (Å²) in [7, 11) is 0. The molecule has 10 unspecified atom stereocenters. The van der Waals surface area contributed by atoms with E-state index in [2.05, 4.69) is 154 Å². The number of phenolic OH excluding ortho intramolecular Hbond substituents is 2. The molecule has 7 aliphatic carbocycles. The third-order valence-corrected chi connectivity index (χ3v) is 25.5. The van der Waals surface area contributed by atoms with Crippen LogP contribution in [0.4, 0.5) is 0 Å². The molecule has 0 radical (unpaired) electrons. The highest BCUT2D eigenvalue weighted by molar-refractivity contribution is 6.11. The van der Waals surface area contributed by atoms with Gasteiger partial charge >= 0.3 is 5.97 Å². The Morgan fingerprint density at radius 1 is 0.500 bits per heavy atom. The Labute approximate surface area is 623 Å². The molecule has 0 saturated heterocycles. The standard InChI is InChI=1S/C60H52O6.C34H44O6/c1-5-63-39(3)65-47-35-27-43(28-36-47)59(41-23-31-45(61)32-24-41)53-19-11-7-15-49(53)57(50-16-8-12-20-54(50)59)58-51-17-9-13-21-55(51)60(42-25-33-46(62)34-26-42,56-22-14-10-18-52(56)58)44-29-37-48(38-30-44)66-40(4)64-6-2;1-20(8-11-31(38)40-19-39-25-14-21-6-4-5-7-22(21)15-25)26-9-10-27-32-28(18-30(37)34(26,27)3)33(2)13-12-24(35)16-23(33)17-29(32)36/h7-40,61-62H,5-6H2,1-4H3;4-7,20,23,25-28,32H,8-19H2,1-3H3. The zero-order chi connectivity index (χ0) is 73.7. The van der Waals surface area contributed by atoms with Gasteiger partial charge in [-0.25, -0.2) is 0 Å². The predicted molar refractivity (Wildman–Crippen MR) is 410 cm³/mol. The number of benzene rings is 9. The van der Waals surface area contributed by atoms with Gasteiger partial charge in [-0.2, -0.15) is 0 Å². The highest BCUT2D eigenvalue weighted by atomic mass is 16.7. The molecule has 0 amide bonds. The monoisotopic (exact) mass is 1420 g/mol. The van der Waals surface area contributed by atoms with Gasteiger partial charge in [0, 0.05) is 56.7 Å². The maximum atomic E-state index is 14.0. The van der Waals surface area contributed by atoms with E-state index in [1.165, 1.54) is 11.1 Å². The van der Waals surface area contributed by atoms with Gasteiger partial charge in [0.1, 0.15) is 40.3 Å².